The molecule has 0 aromatic heterocycles. The highest BCUT2D eigenvalue weighted by Gasteiger charge is 2.16. The smallest absolute Gasteiger partial charge is 0.194 e. The Hall–Kier alpha value is -0.830. The summed E-state index contributed by atoms with van der Waals surface area (Å²) in [7, 11) is 0. The van der Waals surface area contributed by atoms with Crippen LogP contribution in [-0.2, 0) is 0 Å². The largest absolute Gasteiger partial charge is 0.289 e. The summed E-state index contributed by atoms with van der Waals surface area (Å²) in [5.41, 5.74) is 1.93. The molecule has 0 atom stereocenters. The Morgan fingerprint density at radius 3 is 2.56 bits per heavy atom. The van der Waals surface area contributed by atoms with Crippen molar-refractivity contribution in [2.45, 2.75) is 6.92 Å². The third kappa shape index (κ3) is 2.61. The van der Waals surface area contributed by atoms with Crippen molar-refractivity contribution in [2.24, 2.45) is 0 Å². The van der Waals surface area contributed by atoms with E-state index in [9.17, 15) is 4.79 Å². The van der Waals surface area contributed by atoms with Gasteiger partial charge in [-0.2, -0.15) is 0 Å². The van der Waals surface area contributed by atoms with Gasteiger partial charge >= 0.3 is 0 Å². The molecule has 0 saturated heterocycles. The summed E-state index contributed by atoms with van der Waals surface area (Å²) in [5, 5.41) is 0.902. The Morgan fingerprint density at radius 1 is 1.11 bits per heavy atom. The summed E-state index contributed by atoms with van der Waals surface area (Å²) >= 11 is 15.3. The van der Waals surface area contributed by atoms with Gasteiger partial charge in [-0.25, -0.2) is 0 Å². The van der Waals surface area contributed by atoms with Gasteiger partial charge in [0.15, 0.2) is 5.78 Å². The van der Waals surface area contributed by atoms with E-state index in [1.807, 2.05) is 19.1 Å². The van der Waals surface area contributed by atoms with Crippen LogP contribution in [0.2, 0.25) is 10.0 Å². The van der Waals surface area contributed by atoms with Gasteiger partial charge < -0.3 is 0 Å². The van der Waals surface area contributed by atoms with Crippen LogP contribution in [0.25, 0.3) is 0 Å². The Balaban J connectivity index is 2.55. The predicted molar refractivity (Wildman–Crippen MR) is 78.8 cm³/mol. The maximum atomic E-state index is 12.4. The Morgan fingerprint density at radius 2 is 1.83 bits per heavy atom. The average Bonchev–Trinajstić information content (AvgIpc) is 2.35. The van der Waals surface area contributed by atoms with E-state index in [4.69, 9.17) is 23.2 Å². The van der Waals surface area contributed by atoms with E-state index in [2.05, 4.69) is 15.9 Å². The van der Waals surface area contributed by atoms with Gasteiger partial charge in [0, 0.05) is 20.6 Å². The van der Waals surface area contributed by atoms with Crippen molar-refractivity contribution in [1.82, 2.24) is 0 Å². The lowest BCUT2D eigenvalue weighted by atomic mass is 9.99. The van der Waals surface area contributed by atoms with E-state index in [0.29, 0.717) is 21.2 Å². The Labute approximate surface area is 124 Å². The van der Waals surface area contributed by atoms with E-state index in [1.165, 1.54) is 0 Å². The number of ketones is 1. The third-order valence-electron chi connectivity index (χ3n) is 2.69. The van der Waals surface area contributed by atoms with Gasteiger partial charge in [0.25, 0.3) is 0 Å². The first-order valence-corrected chi connectivity index (χ1v) is 6.80. The molecule has 0 amide bonds. The second kappa shape index (κ2) is 5.43. The van der Waals surface area contributed by atoms with Crippen LogP contribution in [0, 0.1) is 6.92 Å². The van der Waals surface area contributed by atoms with Crippen molar-refractivity contribution in [1.29, 1.82) is 0 Å². The molecule has 0 unspecified atom stereocenters. The Kier molecular flexibility index (Phi) is 4.10. The van der Waals surface area contributed by atoms with Crippen LogP contribution in [0.4, 0.5) is 0 Å². The summed E-state index contributed by atoms with van der Waals surface area (Å²) in [6, 6.07) is 10.4. The number of hydrogen-bond donors (Lipinski definition) is 0. The molecule has 0 fully saturated rings. The summed E-state index contributed by atoms with van der Waals surface area (Å²) in [5.74, 6) is -0.124. The highest BCUT2D eigenvalue weighted by atomic mass is 79.9. The van der Waals surface area contributed by atoms with Crippen molar-refractivity contribution in [2.75, 3.05) is 0 Å². The first-order valence-electron chi connectivity index (χ1n) is 5.25. The monoisotopic (exact) mass is 342 g/mol. The standard InChI is InChI=1S/C14H9BrCl2O/c1-8-10(3-2-4-12(8)15)14(18)11-7-9(16)5-6-13(11)17/h2-7H,1H3. The molecule has 1 nitrogen and oxygen atoms in total. The van der Waals surface area contributed by atoms with Crippen LogP contribution in [0.1, 0.15) is 21.5 Å². The molecule has 0 aliphatic rings. The average molecular weight is 344 g/mol. The van der Waals surface area contributed by atoms with Gasteiger partial charge in [-0.05, 0) is 36.8 Å². The molecule has 0 spiro atoms. The van der Waals surface area contributed by atoms with Crippen molar-refractivity contribution in [3.8, 4) is 0 Å². The summed E-state index contributed by atoms with van der Waals surface area (Å²) in [6.45, 7) is 1.88. The van der Waals surface area contributed by atoms with Crippen LogP contribution in [0.5, 0.6) is 0 Å². The quantitative estimate of drug-likeness (QED) is 0.676. The minimum absolute atomic E-state index is 0.124. The summed E-state index contributed by atoms with van der Waals surface area (Å²) in [6.07, 6.45) is 0. The lowest BCUT2D eigenvalue weighted by Gasteiger charge is -2.08. The van der Waals surface area contributed by atoms with Gasteiger partial charge in [-0.3, -0.25) is 4.79 Å². The number of benzene rings is 2. The second-order valence-electron chi connectivity index (χ2n) is 3.87. The van der Waals surface area contributed by atoms with Crippen LogP contribution in [-0.4, -0.2) is 5.78 Å². The molecule has 0 aliphatic heterocycles. The van der Waals surface area contributed by atoms with Gasteiger partial charge in [-0.15, -0.1) is 0 Å². The third-order valence-corrected chi connectivity index (χ3v) is 4.11. The summed E-state index contributed by atoms with van der Waals surface area (Å²) < 4.78 is 0.895. The van der Waals surface area contributed by atoms with Crippen LogP contribution in [0.3, 0.4) is 0 Å². The first-order chi connectivity index (χ1) is 8.50. The number of carbonyl (C=O) groups is 1. The molecule has 0 aliphatic carbocycles. The van der Waals surface area contributed by atoms with E-state index >= 15 is 0 Å². The minimum atomic E-state index is -0.124. The fraction of sp³-hybridized carbons (Fsp3) is 0.0714. The number of halogens is 3. The fourth-order valence-corrected chi connectivity index (χ4v) is 2.41. The number of carbonyl (C=O) groups excluding carboxylic acids is 1. The zero-order valence-corrected chi connectivity index (χ0v) is 12.6. The maximum Gasteiger partial charge on any atom is 0.194 e. The minimum Gasteiger partial charge on any atom is -0.289 e. The SMILES string of the molecule is Cc1c(Br)cccc1C(=O)c1cc(Cl)ccc1Cl. The zero-order valence-electron chi connectivity index (χ0n) is 9.51. The molecule has 0 bridgehead atoms. The van der Waals surface area contributed by atoms with Crippen molar-refractivity contribution in [3.63, 3.8) is 0 Å². The predicted octanol–water partition coefficient (Wildman–Crippen LogP) is 5.30. The van der Waals surface area contributed by atoms with E-state index in [0.717, 1.165) is 10.0 Å². The first kappa shape index (κ1) is 13.6. The highest BCUT2D eigenvalue weighted by Crippen LogP contribution is 2.26. The van der Waals surface area contributed by atoms with Crippen LogP contribution < -0.4 is 0 Å². The van der Waals surface area contributed by atoms with E-state index < -0.39 is 0 Å². The molecular formula is C14H9BrCl2O. The molecule has 0 saturated carbocycles. The highest BCUT2D eigenvalue weighted by molar-refractivity contribution is 9.10. The van der Waals surface area contributed by atoms with Gasteiger partial charge in [0.05, 0.1) is 5.02 Å². The van der Waals surface area contributed by atoms with Crippen molar-refractivity contribution >= 4 is 44.9 Å². The van der Waals surface area contributed by atoms with Crippen molar-refractivity contribution in [3.05, 3.63) is 67.6 Å². The van der Waals surface area contributed by atoms with Crippen LogP contribution >= 0.6 is 39.1 Å². The lowest BCUT2D eigenvalue weighted by Crippen LogP contribution is -2.04. The normalized spacial score (nSPS) is 10.4. The molecule has 4 heteroatoms. The number of rotatable bonds is 2. The Bertz CT molecular complexity index is 619. The summed E-state index contributed by atoms with van der Waals surface area (Å²) in [4.78, 5) is 12.4. The molecule has 2 aromatic rings. The van der Waals surface area contributed by atoms with Gasteiger partial charge in [0.1, 0.15) is 0 Å². The molecule has 0 N–H and O–H groups in total. The van der Waals surface area contributed by atoms with Crippen molar-refractivity contribution < 1.29 is 4.79 Å². The molecule has 92 valence electrons. The molecule has 18 heavy (non-hydrogen) atoms. The molecular weight excluding hydrogens is 335 g/mol. The molecule has 0 radical (unpaired) electrons. The topological polar surface area (TPSA) is 17.1 Å². The fourth-order valence-electron chi connectivity index (χ4n) is 1.67. The lowest BCUT2D eigenvalue weighted by molar-refractivity contribution is 0.103. The molecule has 2 aromatic carbocycles. The second-order valence-corrected chi connectivity index (χ2v) is 5.56. The van der Waals surface area contributed by atoms with Gasteiger partial charge in [0.2, 0.25) is 0 Å². The maximum absolute atomic E-state index is 12.4. The van der Waals surface area contributed by atoms with E-state index in [-0.39, 0.29) is 5.78 Å². The number of hydrogen-bond acceptors (Lipinski definition) is 1. The van der Waals surface area contributed by atoms with Gasteiger partial charge in [-0.1, -0.05) is 51.3 Å². The molecule has 2 rings (SSSR count). The zero-order chi connectivity index (χ0) is 13.3. The van der Waals surface area contributed by atoms with Crippen LogP contribution in [0.15, 0.2) is 40.9 Å². The molecule has 0 heterocycles. The van der Waals surface area contributed by atoms with E-state index in [1.54, 1.807) is 24.3 Å².